The van der Waals surface area contributed by atoms with Crippen LogP contribution in [0.5, 0.6) is 0 Å². The van der Waals surface area contributed by atoms with E-state index in [9.17, 15) is 17.2 Å². The van der Waals surface area contributed by atoms with Crippen molar-refractivity contribution in [3.05, 3.63) is 54.0 Å². The van der Waals surface area contributed by atoms with E-state index < -0.39 is 26.6 Å². The topological polar surface area (TPSA) is 73.0 Å². The van der Waals surface area contributed by atoms with E-state index in [4.69, 9.17) is 9.15 Å². The van der Waals surface area contributed by atoms with E-state index in [0.717, 1.165) is 17.0 Å². The van der Waals surface area contributed by atoms with Crippen LogP contribution >= 0.6 is 0 Å². The third kappa shape index (κ3) is 4.24. The average molecular weight is 373 g/mol. The Kier molecular flexibility index (Phi) is 5.48. The van der Waals surface area contributed by atoms with Gasteiger partial charge in [-0.15, -0.1) is 0 Å². The van der Waals surface area contributed by atoms with E-state index in [1.54, 1.807) is 12.1 Å². The molecule has 0 amide bonds. The molecule has 1 aromatic carbocycles. The Morgan fingerprint density at radius 3 is 2.64 bits per heavy atom. The van der Waals surface area contributed by atoms with Crippen molar-refractivity contribution >= 4 is 10.0 Å². The van der Waals surface area contributed by atoms with Gasteiger partial charge in [-0.1, -0.05) is 0 Å². The third-order valence-electron chi connectivity index (χ3n) is 4.17. The van der Waals surface area contributed by atoms with Crippen LogP contribution in [0.3, 0.4) is 0 Å². The Balaban J connectivity index is 1.79. The number of sulfonamides is 1. The summed E-state index contributed by atoms with van der Waals surface area (Å²) in [6.45, 7) is 2.53. The van der Waals surface area contributed by atoms with E-state index in [1.165, 1.54) is 6.26 Å². The fourth-order valence-corrected chi connectivity index (χ4v) is 4.01. The van der Waals surface area contributed by atoms with Gasteiger partial charge in [-0.3, -0.25) is 0 Å². The summed E-state index contributed by atoms with van der Waals surface area (Å²) in [5, 5.41) is 0. The van der Waals surface area contributed by atoms with Crippen LogP contribution in [0.25, 0.3) is 0 Å². The second-order valence-electron chi connectivity index (χ2n) is 5.77. The maximum atomic E-state index is 13.8. The molecule has 0 unspecified atom stereocenters. The Hall–Kier alpha value is -1.81. The summed E-state index contributed by atoms with van der Waals surface area (Å²) >= 11 is 0. The van der Waals surface area contributed by atoms with Gasteiger partial charge in [0.1, 0.15) is 29.6 Å². The van der Waals surface area contributed by atoms with Crippen molar-refractivity contribution in [2.24, 2.45) is 0 Å². The smallest absolute Gasteiger partial charge is 0.243 e. The summed E-state index contributed by atoms with van der Waals surface area (Å²) < 4.78 is 65.0. The molecule has 1 aliphatic rings. The molecule has 3 rings (SSSR count). The van der Waals surface area contributed by atoms with Crippen molar-refractivity contribution in [3.63, 3.8) is 0 Å². The molecule has 0 aliphatic carbocycles. The van der Waals surface area contributed by atoms with Crippen molar-refractivity contribution in [2.75, 3.05) is 32.8 Å². The van der Waals surface area contributed by atoms with E-state index in [0.29, 0.717) is 38.1 Å². The highest BCUT2D eigenvalue weighted by Crippen LogP contribution is 2.17. The van der Waals surface area contributed by atoms with Crippen LogP contribution in [0.15, 0.2) is 45.9 Å². The van der Waals surface area contributed by atoms with Gasteiger partial charge in [-0.2, -0.15) is 0 Å². The molecule has 9 heteroatoms. The fraction of sp³-hybridized carbons (Fsp3) is 0.375. The van der Waals surface area contributed by atoms with Crippen molar-refractivity contribution in [2.45, 2.75) is 10.9 Å². The number of nitrogens with one attached hydrogen (secondary N) is 2. The van der Waals surface area contributed by atoms with Gasteiger partial charge < -0.3 is 14.1 Å². The molecule has 0 saturated carbocycles. The number of ether oxygens (including phenoxy) is 1. The Labute approximate surface area is 144 Å². The van der Waals surface area contributed by atoms with E-state index in [-0.39, 0.29) is 12.6 Å². The summed E-state index contributed by atoms with van der Waals surface area (Å²) in [6.07, 6.45) is 1.52. The lowest BCUT2D eigenvalue weighted by molar-refractivity contribution is -0.938. The highest BCUT2D eigenvalue weighted by Gasteiger charge is 2.31. The summed E-state index contributed by atoms with van der Waals surface area (Å²) in [4.78, 5) is 0.395. The maximum Gasteiger partial charge on any atom is 0.243 e. The molecular weight excluding hydrogens is 354 g/mol. The zero-order valence-electron chi connectivity index (χ0n) is 13.4. The SMILES string of the molecule is O=S(=O)(NC[C@@H](c1ccco1)[NH+]1CCOCC1)c1cc(F)ccc1F. The predicted octanol–water partition coefficient (Wildman–Crippen LogP) is 0.492. The van der Waals surface area contributed by atoms with Crippen LogP contribution in [0.1, 0.15) is 11.8 Å². The molecule has 1 aliphatic heterocycles. The zero-order valence-corrected chi connectivity index (χ0v) is 14.2. The van der Waals surface area contributed by atoms with Gasteiger partial charge in [0.05, 0.1) is 26.0 Å². The standard InChI is InChI=1S/C16H18F2N2O4S/c17-12-3-4-13(18)16(10-12)25(21,22)19-11-14(15-2-1-7-24-15)20-5-8-23-9-6-20/h1-4,7,10,14,19H,5-6,8-9,11H2/p+1/t14-/m0/s1. The minimum absolute atomic E-state index is 0.00112. The molecule has 6 nitrogen and oxygen atoms in total. The summed E-state index contributed by atoms with van der Waals surface area (Å²) in [6, 6.07) is 5.54. The number of hydrogen-bond donors (Lipinski definition) is 2. The normalized spacial score (nSPS) is 17.5. The number of hydrogen-bond acceptors (Lipinski definition) is 4. The molecule has 2 heterocycles. The lowest BCUT2D eigenvalue weighted by atomic mass is 10.2. The molecule has 0 spiro atoms. The van der Waals surface area contributed by atoms with Crippen molar-refractivity contribution in [1.82, 2.24) is 4.72 Å². The van der Waals surface area contributed by atoms with Crippen molar-refractivity contribution in [3.8, 4) is 0 Å². The van der Waals surface area contributed by atoms with E-state index >= 15 is 0 Å². The van der Waals surface area contributed by atoms with Crippen molar-refractivity contribution < 1.29 is 31.3 Å². The zero-order chi connectivity index (χ0) is 17.9. The number of quaternary nitrogens is 1. The predicted molar refractivity (Wildman–Crippen MR) is 84.5 cm³/mol. The first-order chi connectivity index (χ1) is 12.0. The van der Waals surface area contributed by atoms with Gasteiger partial charge in [0.25, 0.3) is 0 Å². The first-order valence-electron chi connectivity index (χ1n) is 7.88. The van der Waals surface area contributed by atoms with Gasteiger partial charge in [0.2, 0.25) is 10.0 Å². The molecule has 0 bridgehead atoms. The largest absolute Gasteiger partial charge is 0.463 e. The molecule has 25 heavy (non-hydrogen) atoms. The third-order valence-corrected chi connectivity index (χ3v) is 5.61. The maximum absolute atomic E-state index is 13.8. The van der Waals surface area contributed by atoms with Crippen LogP contribution < -0.4 is 9.62 Å². The Bertz CT molecular complexity index is 806. The van der Waals surface area contributed by atoms with Crippen LogP contribution in [-0.2, 0) is 14.8 Å². The summed E-state index contributed by atoms with van der Waals surface area (Å²) in [5.41, 5.74) is 0. The molecule has 2 aromatic rings. The average Bonchev–Trinajstić information content (AvgIpc) is 3.12. The Morgan fingerprint density at radius 1 is 1.20 bits per heavy atom. The van der Waals surface area contributed by atoms with Crippen LogP contribution in [0.2, 0.25) is 0 Å². The minimum atomic E-state index is -4.19. The minimum Gasteiger partial charge on any atom is -0.463 e. The van der Waals surface area contributed by atoms with Gasteiger partial charge in [0.15, 0.2) is 11.8 Å². The summed E-state index contributed by atoms with van der Waals surface area (Å²) in [7, 11) is -4.19. The van der Waals surface area contributed by atoms with Gasteiger partial charge >= 0.3 is 0 Å². The second-order valence-corrected chi connectivity index (χ2v) is 7.50. The molecule has 2 N–H and O–H groups in total. The highest BCUT2D eigenvalue weighted by molar-refractivity contribution is 7.89. The molecule has 1 fully saturated rings. The van der Waals surface area contributed by atoms with Crippen LogP contribution in [0, 0.1) is 11.6 Å². The monoisotopic (exact) mass is 373 g/mol. The van der Waals surface area contributed by atoms with Crippen LogP contribution in [-0.4, -0.2) is 41.3 Å². The first-order valence-corrected chi connectivity index (χ1v) is 9.36. The lowest BCUT2D eigenvalue weighted by Gasteiger charge is -2.30. The number of benzene rings is 1. The molecule has 136 valence electrons. The van der Waals surface area contributed by atoms with Gasteiger partial charge in [-0.05, 0) is 30.3 Å². The van der Waals surface area contributed by atoms with Gasteiger partial charge in [0, 0.05) is 0 Å². The second kappa shape index (κ2) is 7.61. The number of rotatable bonds is 6. The first kappa shape index (κ1) is 18.0. The molecule has 1 atom stereocenters. The number of halogens is 2. The van der Waals surface area contributed by atoms with Crippen molar-refractivity contribution in [1.29, 1.82) is 0 Å². The van der Waals surface area contributed by atoms with Gasteiger partial charge in [-0.25, -0.2) is 21.9 Å². The van der Waals surface area contributed by atoms with E-state index in [1.807, 2.05) is 0 Å². The van der Waals surface area contributed by atoms with Crippen LogP contribution in [0.4, 0.5) is 8.78 Å². The molecule has 1 saturated heterocycles. The quantitative estimate of drug-likeness (QED) is 0.773. The highest BCUT2D eigenvalue weighted by atomic mass is 32.2. The molecular formula is C16H19F2N2O4S+. The fourth-order valence-electron chi connectivity index (χ4n) is 2.87. The molecule has 0 radical (unpaired) electrons. The Morgan fingerprint density at radius 2 is 1.96 bits per heavy atom. The summed E-state index contributed by atoms with van der Waals surface area (Å²) in [5.74, 6) is -1.19. The number of morpholine rings is 1. The lowest BCUT2D eigenvalue weighted by Crippen LogP contribution is -3.15. The molecule has 1 aromatic heterocycles. The van der Waals surface area contributed by atoms with E-state index in [2.05, 4.69) is 4.72 Å². The number of furan rings is 1.